The molecule has 0 aromatic carbocycles. The van der Waals surface area contributed by atoms with Crippen LogP contribution >= 0.6 is 0 Å². The molecule has 1 amide bonds. The van der Waals surface area contributed by atoms with Gasteiger partial charge in [-0.25, -0.2) is 9.78 Å². The molecule has 138 valence electrons. The van der Waals surface area contributed by atoms with Gasteiger partial charge in [0.25, 0.3) is 5.56 Å². The van der Waals surface area contributed by atoms with Crippen molar-refractivity contribution in [3.8, 4) is 11.3 Å². The molecule has 1 N–H and O–H groups in total. The molecule has 1 saturated heterocycles. The molecule has 8 nitrogen and oxygen atoms in total. The summed E-state index contributed by atoms with van der Waals surface area (Å²) < 4.78 is 1.51. The van der Waals surface area contributed by atoms with Crippen LogP contribution in [0.2, 0.25) is 0 Å². The average Bonchev–Trinajstić information content (AvgIpc) is 3.11. The zero-order chi connectivity index (χ0) is 18.7. The van der Waals surface area contributed by atoms with Crippen molar-refractivity contribution >= 4 is 12.0 Å². The first-order valence-electron chi connectivity index (χ1n) is 8.74. The molecule has 0 unspecified atom stereocenters. The van der Waals surface area contributed by atoms with Crippen LogP contribution in [0.15, 0.2) is 35.4 Å². The van der Waals surface area contributed by atoms with Crippen molar-refractivity contribution < 1.29 is 9.90 Å². The van der Waals surface area contributed by atoms with Crippen LogP contribution in [0, 0.1) is 0 Å². The third kappa shape index (κ3) is 3.54. The van der Waals surface area contributed by atoms with Crippen molar-refractivity contribution in [2.24, 2.45) is 7.05 Å². The van der Waals surface area contributed by atoms with Crippen molar-refractivity contribution in [1.82, 2.24) is 19.4 Å². The zero-order valence-electron chi connectivity index (χ0n) is 15.0. The molecule has 0 radical (unpaired) electrons. The van der Waals surface area contributed by atoms with E-state index in [1.54, 1.807) is 19.4 Å². The van der Waals surface area contributed by atoms with Crippen molar-refractivity contribution in [1.29, 1.82) is 0 Å². The van der Waals surface area contributed by atoms with E-state index in [4.69, 9.17) is 0 Å². The lowest BCUT2D eigenvalue weighted by molar-refractivity contribution is 0.141. The Bertz CT molecular complexity index is 836. The molecule has 0 aliphatic carbocycles. The minimum absolute atomic E-state index is 0.0890. The summed E-state index contributed by atoms with van der Waals surface area (Å²) in [5, 5.41) is 9.36. The van der Waals surface area contributed by atoms with E-state index in [9.17, 15) is 14.7 Å². The SMILES string of the molecule is CCN(C[C@@H]1CCCN1C(=O)O)c1nc(-c2ccncc2)cc(=O)n1C. The van der Waals surface area contributed by atoms with Gasteiger partial charge in [-0.05, 0) is 31.9 Å². The quantitative estimate of drug-likeness (QED) is 0.877. The zero-order valence-corrected chi connectivity index (χ0v) is 15.0. The molecule has 0 bridgehead atoms. The summed E-state index contributed by atoms with van der Waals surface area (Å²) in [7, 11) is 1.69. The molecule has 8 heteroatoms. The molecule has 2 aromatic heterocycles. The van der Waals surface area contributed by atoms with Gasteiger partial charge in [-0.3, -0.25) is 14.3 Å². The predicted molar refractivity (Wildman–Crippen MR) is 98.3 cm³/mol. The Morgan fingerprint density at radius 1 is 1.38 bits per heavy atom. The van der Waals surface area contributed by atoms with Gasteiger partial charge >= 0.3 is 6.09 Å². The second kappa shape index (κ2) is 7.55. The maximum absolute atomic E-state index is 12.4. The summed E-state index contributed by atoms with van der Waals surface area (Å²) in [6.07, 6.45) is 4.11. The van der Waals surface area contributed by atoms with E-state index in [1.165, 1.54) is 15.5 Å². The second-order valence-electron chi connectivity index (χ2n) is 6.39. The van der Waals surface area contributed by atoms with Crippen LogP contribution in [0.25, 0.3) is 11.3 Å². The maximum Gasteiger partial charge on any atom is 0.407 e. The first kappa shape index (κ1) is 17.9. The molecular weight excluding hydrogens is 334 g/mol. The fraction of sp³-hybridized carbons (Fsp3) is 0.444. The summed E-state index contributed by atoms with van der Waals surface area (Å²) in [5.41, 5.74) is 1.26. The molecule has 26 heavy (non-hydrogen) atoms. The first-order chi connectivity index (χ1) is 12.5. The van der Waals surface area contributed by atoms with Crippen LogP contribution in [-0.2, 0) is 7.05 Å². The minimum Gasteiger partial charge on any atom is -0.465 e. The number of amides is 1. The smallest absolute Gasteiger partial charge is 0.407 e. The molecule has 3 rings (SSSR count). The number of nitrogens with zero attached hydrogens (tertiary/aromatic N) is 5. The first-order valence-corrected chi connectivity index (χ1v) is 8.74. The van der Waals surface area contributed by atoms with Crippen LogP contribution in [0.1, 0.15) is 19.8 Å². The molecule has 1 aliphatic rings. The van der Waals surface area contributed by atoms with Gasteiger partial charge in [0, 0.05) is 50.7 Å². The van der Waals surface area contributed by atoms with E-state index in [1.807, 2.05) is 24.0 Å². The second-order valence-corrected chi connectivity index (χ2v) is 6.39. The van der Waals surface area contributed by atoms with E-state index in [-0.39, 0.29) is 11.6 Å². The Hall–Kier alpha value is -2.90. The highest BCUT2D eigenvalue weighted by molar-refractivity contribution is 5.66. The highest BCUT2D eigenvalue weighted by atomic mass is 16.4. The number of aromatic nitrogens is 3. The lowest BCUT2D eigenvalue weighted by Crippen LogP contribution is -2.44. The fourth-order valence-corrected chi connectivity index (χ4v) is 3.36. The normalized spacial score (nSPS) is 16.7. The standard InChI is InChI=1S/C18H23N5O3/c1-3-22(12-14-5-4-10-23(14)18(25)26)17-20-15(11-16(24)21(17)2)13-6-8-19-9-7-13/h6-9,11,14H,3-5,10,12H2,1-2H3,(H,25,26)/t14-/m0/s1. The Labute approximate surface area is 151 Å². The molecule has 0 saturated carbocycles. The van der Waals surface area contributed by atoms with Gasteiger partial charge in [0.15, 0.2) is 0 Å². The molecular formula is C18H23N5O3. The maximum atomic E-state index is 12.4. The van der Waals surface area contributed by atoms with E-state index in [0.29, 0.717) is 31.3 Å². The lowest BCUT2D eigenvalue weighted by atomic mass is 10.2. The van der Waals surface area contributed by atoms with Gasteiger partial charge in [0.1, 0.15) is 0 Å². The van der Waals surface area contributed by atoms with Gasteiger partial charge in [0.2, 0.25) is 5.95 Å². The van der Waals surface area contributed by atoms with Crippen LogP contribution in [0.5, 0.6) is 0 Å². The van der Waals surface area contributed by atoms with Crippen molar-refractivity contribution in [3.63, 3.8) is 0 Å². The van der Waals surface area contributed by atoms with Crippen molar-refractivity contribution in [2.75, 3.05) is 24.5 Å². The average molecular weight is 357 g/mol. The summed E-state index contributed by atoms with van der Waals surface area (Å²) in [4.78, 5) is 36.0. The third-order valence-corrected chi connectivity index (χ3v) is 4.81. The molecule has 1 atom stereocenters. The van der Waals surface area contributed by atoms with Crippen molar-refractivity contribution in [2.45, 2.75) is 25.8 Å². The number of likely N-dealkylation sites (N-methyl/N-ethyl adjacent to an activating group) is 1. The van der Waals surface area contributed by atoms with Gasteiger partial charge in [-0.1, -0.05) is 0 Å². The number of rotatable bonds is 5. The highest BCUT2D eigenvalue weighted by Crippen LogP contribution is 2.22. The monoisotopic (exact) mass is 357 g/mol. The Balaban J connectivity index is 1.94. The largest absolute Gasteiger partial charge is 0.465 e. The van der Waals surface area contributed by atoms with Crippen LogP contribution < -0.4 is 10.5 Å². The van der Waals surface area contributed by atoms with Gasteiger partial charge < -0.3 is 14.9 Å². The number of likely N-dealkylation sites (tertiary alicyclic amines) is 1. The third-order valence-electron chi connectivity index (χ3n) is 4.81. The van der Waals surface area contributed by atoms with E-state index in [2.05, 4.69) is 9.97 Å². The number of hydrogen-bond donors (Lipinski definition) is 1. The minimum atomic E-state index is -0.893. The highest BCUT2D eigenvalue weighted by Gasteiger charge is 2.30. The molecule has 1 aliphatic heterocycles. The number of anilines is 1. The number of hydrogen-bond acceptors (Lipinski definition) is 5. The van der Waals surface area contributed by atoms with Gasteiger partial charge in [-0.2, -0.15) is 0 Å². The predicted octanol–water partition coefficient (Wildman–Crippen LogP) is 1.81. The van der Waals surface area contributed by atoms with E-state index >= 15 is 0 Å². The summed E-state index contributed by atoms with van der Waals surface area (Å²) >= 11 is 0. The topological polar surface area (TPSA) is 91.6 Å². The Kier molecular flexibility index (Phi) is 5.20. The lowest BCUT2D eigenvalue weighted by Gasteiger charge is -2.30. The van der Waals surface area contributed by atoms with Crippen LogP contribution in [0.4, 0.5) is 10.7 Å². The molecule has 0 spiro atoms. The number of carbonyl (C=O) groups is 1. The van der Waals surface area contributed by atoms with Crippen LogP contribution in [0.3, 0.4) is 0 Å². The Morgan fingerprint density at radius 2 is 2.12 bits per heavy atom. The molecule has 2 aromatic rings. The summed E-state index contributed by atoms with van der Waals surface area (Å²) in [6, 6.07) is 5.04. The number of pyridine rings is 1. The number of carboxylic acid groups (broad SMARTS) is 1. The van der Waals surface area contributed by atoms with Crippen molar-refractivity contribution in [3.05, 3.63) is 40.9 Å². The van der Waals surface area contributed by atoms with E-state index in [0.717, 1.165) is 18.4 Å². The fourth-order valence-electron chi connectivity index (χ4n) is 3.36. The summed E-state index contributed by atoms with van der Waals surface area (Å²) in [5.74, 6) is 0.545. The molecule has 1 fully saturated rings. The Morgan fingerprint density at radius 3 is 2.77 bits per heavy atom. The van der Waals surface area contributed by atoms with Crippen LogP contribution in [-0.4, -0.2) is 56.3 Å². The van der Waals surface area contributed by atoms with Gasteiger partial charge in [0.05, 0.1) is 11.7 Å². The summed E-state index contributed by atoms with van der Waals surface area (Å²) in [6.45, 7) is 3.68. The molecule has 3 heterocycles. The van der Waals surface area contributed by atoms with Gasteiger partial charge in [-0.15, -0.1) is 0 Å². The van der Waals surface area contributed by atoms with E-state index < -0.39 is 6.09 Å².